The molecule has 66 valence electrons. The zero-order valence-corrected chi connectivity index (χ0v) is 7.51. The summed E-state index contributed by atoms with van der Waals surface area (Å²) in [6.07, 6.45) is 12.2. The van der Waals surface area contributed by atoms with Crippen molar-refractivity contribution in [2.45, 2.75) is 44.9 Å². The Morgan fingerprint density at radius 2 is 2.08 bits per heavy atom. The molecule has 1 saturated carbocycles. The summed E-state index contributed by atoms with van der Waals surface area (Å²) in [6.45, 7) is 0. The standard InChI is InChI=1S/C11H16O/c1-2-3-4-9-11(12)10-7-5-6-8-10/h1,10H,3-9H2. The first kappa shape index (κ1) is 9.32. The van der Waals surface area contributed by atoms with Gasteiger partial charge in [0.1, 0.15) is 5.78 Å². The van der Waals surface area contributed by atoms with Gasteiger partial charge in [0.2, 0.25) is 0 Å². The third-order valence-corrected chi connectivity index (χ3v) is 2.55. The Morgan fingerprint density at radius 3 is 2.67 bits per heavy atom. The number of rotatable bonds is 4. The molecule has 1 nitrogen and oxygen atoms in total. The van der Waals surface area contributed by atoms with Crippen LogP contribution >= 0.6 is 0 Å². The number of carbonyl (C=O) groups excluding carboxylic acids is 1. The maximum Gasteiger partial charge on any atom is 0.136 e. The Labute approximate surface area is 74.5 Å². The molecule has 1 aliphatic rings. The lowest BCUT2D eigenvalue weighted by molar-refractivity contribution is -0.122. The van der Waals surface area contributed by atoms with Gasteiger partial charge in [-0.05, 0) is 19.3 Å². The quantitative estimate of drug-likeness (QED) is 0.461. The fraction of sp³-hybridized carbons (Fsp3) is 0.727. The molecule has 0 heterocycles. The van der Waals surface area contributed by atoms with E-state index in [1.807, 2.05) is 0 Å². The molecular weight excluding hydrogens is 148 g/mol. The van der Waals surface area contributed by atoms with Gasteiger partial charge in [-0.3, -0.25) is 4.79 Å². The van der Waals surface area contributed by atoms with Crippen molar-refractivity contribution in [2.75, 3.05) is 0 Å². The van der Waals surface area contributed by atoms with Gasteiger partial charge < -0.3 is 0 Å². The Bertz CT molecular complexity index is 182. The van der Waals surface area contributed by atoms with E-state index in [1.165, 1.54) is 12.8 Å². The zero-order valence-electron chi connectivity index (χ0n) is 7.51. The first-order chi connectivity index (χ1) is 5.84. The maximum absolute atomic E-state index is 11.5. The van der Waals surface area contributed by atoms with Gasteiger partial charge >= 0.3 is 0 Å². The second-order valence-electron chi connectivity index (χ2n) is 3.51. The predicted molar refractivity (Wildman–Crippen MR) is 49.6 cm³/mol. The maximum atomic E-state index is 11.5. The molecule has 1 rings (SSSR count). The van der Waals surface area contributed by atoms with E-state index >= 15 is 0 Å². The van der Waals surface area contributed by atoms with Gasteiger partial charge in [0, 0.05) is 18.8 Å². The van der Waals surface area contributed by atoms with Crippen LogP contribution in [0.3, 0.4) is 0 Å². The van der Waals surface area contributed by atoms with E-state index in [1.54, 1.807) is 0 Å². The Balaban J connectivity index is 2.15. The molecule has 0 aromatic heterocycles. The van der Waals surface area contributed by atoms with Crippen molar-refractivity contribution in [3.05, 3.63) is 0 Å². The van der Waals surface area contributed by atoms with Crippen LogP contribution in [0.2, 0.25) is 0 Å². The van der Waals surface area contributed by atoms with Gasteiger partial charge in [-0.2, -0.15) is 0 Å². The fourth-order valence-corrected chi connectivity index (χ4v) is 1.82. The molecule has 0 bridgehead atoms. The van der Waals surface area contributed by atoms with Crippen LogP contribution in [0, 0.1) is 18.3 Å². The number of unbranched alkanes of at least 4 members (excludes halogenated alkanes) is 1. The molecule has 0 aliphatic heterocycles. The highest BCUT2D eigenvalue weighted by atomic mass is 16.1. The number of hydrogen-bond donors (Lipinski definition) is 0. The molecule has 0 saturated heterocycles. The van der Waals surface area contributed by atoms with Crippen LogP contribution in [-0.2, 0) is 4.79 Å². The zero-order chi connectivity index (χ0) is 8.81. The topological polar surface area (TPSA) is 17.1 Å². The molecule has 0 atom stereocenters. The average molecular weight is 164 g/mol. The smallest absolute Gasteiger partial charge is 0.136 e. The molecule has 0 aromatic carbocycles. The van der Waals surface area contributed by atoms with Crippen molar-refractivity contribution < 1.29 is 4.79 Å². The summed E-state index contributed by atoms with van der Waals surface area (Å²) in [5, 5.41) is 0. The molecule has 0 N–H and O–H groups in total. The largest absolute Gasteiger partial charge is 0.299 e. The second kappa shape index (κ2) is 4.98. The fourth-order valence-electron chi connectivity index (χ4n) is 1.82. The highest BCUT2D eigenvalue weighted by molar-refractivity contribution is 5.81. The summed E-state index contributed by atoms with van der Waals surface area (Å²) < 4.78 is 0. The molecule has 0 radical (unpaired) electrons. The third kappa shape index (κ3) is 2.70. The van der Waals surface area contributed by atoms with Crippen LogP contribution in [0.4, 0.5) is 0 Å². The molecule has 0 aromatic rings. The van der Waals surface area contributed by atoms with Crippen LogP contribution in [0.1, 0.15) is 44.9 Å². The van der Waals surface area contributed by atoms with Crippen LogP contribution in [-0.4, -0.2) is 5.78 Å². The summed E-state index contributed by atoms with van der Waals surface area (Å²) >= 11 is 0. The van der Waals surface area contributed by atoms with Crippen LogP contribution in [0.5, 0.6) is 0 Å². The Hall–Kier alpha value is -0.770. The lowest BCUT2D eigenvalue weighted by Gasteiger charge is -2.05. The Morgan fingerprint density at radius 1 is 1.42 bits per heavy atom. The normalized spacial score (nSPS) is 17.6. The van der Waals surface area contributed by atoms with E-state index in [2.05, 4.69) is 5.92 Å². The average Bonchev–Trinajstić information content (AvgIpc) is 2.56. The van der Waals surface area contributed by atoms with Crippen molar-refractivity contribution in [2.24, 2.45) is 5.92 Å². The highest BCUT2D eigenvalue weighted by Gasteiger charge is 2.21. The lowest BCUT2D eigenvalue weighted by atomic mass is 9.98. The molecule has 12 heavy (non-hydrogen) atoms. The van der Waals surface area contributed by atoms with Crippen molar-refractivity contribution in [1.29, 1.82) is 0 Å². The minimum atomic E-state index is 0.378. The van der Waals surface area contributed by atoms with Gasteiger partial charge in [0.25, 0.3) is 0 Å². The predicted octanol–water partition coefficient (Wildman–Crippen LogP) is 2.55. The summed E-state index contributed by atoms with van der Waals surface area (Å²) in [5.41, 5.74) is 0. The number of carbonyl (C=O) groups is 1. The molecule has 0 unspecified atom stereocenters. The summed E-state index contributed by atoms with van der Waals surface area (Å²) in [6, 6.07) is 0. The summed E-state index contributed by atoms with van der Waals surface area (Å²) in [5.74, 6) is 3.39. The number of ketones is 1. The van der Waals surface area contributed by atoms with Gasteiger partial charge in [0.15, 0.2) is 0 Å². The first-order valence-corrected chi connectivity index (χ1v) is 4.81. The first-order valence-electron chi connectivity index (χ1n) is 4.81. The van der Waals surface area contributed by atoms with Gasteiger partial charge in [-0.15, -0.1) is 12.3 Å². The van der Waals surface area contributed by atoms with E-state index in [-0.39, 0.29) is 0 Å². The third-order valence-electron chi connectivity index (χ3n) is 2.55. The van der Waals surface area contributed by atoms with Crippen LogP contribution in [0.25, 0.3) is 0 Å². The molecule has 1 aliphatic carbocycles. The van der Waals surface area contributed by atoms with Crippen molar-refractivity contribution in [3.8, 4) is 12.3 Å². The molecule has 1 heteroatoms. The minimum absolute atomic E-state index is 0.378. The van der Waals surface area contributed by atoms with Crippen LogP contribution < -0.4 is 0 Å². The van der Waals surface area contributed by atoms with E-state index in [0.29, 0.717) is 18.1 Å². The van der Waals surface area contributed by atoms with E-state index in [4.69, 9.17) is 6.42 Å². The highest BCUT2D eigenvalue weighted by Crippen LogP contribution is 2.26. The number of Topliss-reactive ketones (excluding diaryl/α,β-unsaturated/α-hetero) is 1. The molecule has 0 amide bonds. The SMILES string of the molecule is C#CCCCC(=O)C1CCCC1. The van der Waals surface area contributed by atoms with Gasteiger partial charge in [0.05, 0.1) is 0 Å². The van der Waals surface area contributed by atoms with Crippen LogP contribution in [0.15, 0.2) is 0 Å². The van der Waals surface area contributed by atoms with E-state index in [0.717, 1.165) is 25.7 Å². The molecule has 1 fully saturated rings. The molecule has 0 spiro atoms. The monoisotopic (exact) mass is 164 g/mol. The lowest BCUT2D eigenvalue weighted by Crippen LogP contribution is -2.09. The van der Waals surface area contributed by atoms with Gasteiger partial charge in [-0.1, -0.05) is 12.8 Å². The van der Waals surface area contributed by atoms with Crippen molar-refractivity contribution >= 4 is 5.78 Å². The second-order valence-corrected chi connectivity index (χ2v) is 3.51. The number of hydrogen-bond acceptors (Lipinski definition) is 1. The van der Waals surface area contributed by atoms with E-state index < -0.39 is 0 Å². The summed E-state index contributed by atoms with van der Waals surface area (Å²) in [7, 11) is 0. The minimum Gasteiger partial charge on any atom is -0.299 e. The van der Waals surface area contributed by atoms with Crippen molar-refractivity contribution in [3.63, 3.8) is 0 Å². The van der Waals surface area contributed by atoms with Gasteiger partial charge in [-0.25, -0.2) is 0 Å². The Kier molecular flexibility index (Phi) is 3.87. The summed E-state index contributed by atoms with van der Waals surface area (Å²) in [4.78, 5) is 11.5. The molecular formula is C11H16O. The van der Waals surface area contributed by atoms with E-state index in [9.17, 15) is 4.79 Å². The van der Waals surface area contributed by atoms with Crippen molar-refractivity contribution in [1.82, 2.24) is 0 Å². The number of terminal acetylenes is 1.